The maximum Gasteiger partial charge on any atom is 0.00964 e. The van der Waals surface area contributed by atoms with Crippen LogP contribution in [0, 0.1) is 11.8 Å². The second-order valence-electron chi connectivity index (χ2n) is 7.21. The van der Waals surface area contributed by atoms with Gasteiger partial charge in [-0.05, 0) is 69.9 Å². The molecule has 3 aliphatic rings. The molecule has 2 heteroatoms. The summed E-state index contributed by atoms with van der Waals surface area (Å²) in [5, 5.41) is 3.98. The SMILES string of the molecule is CC1CCC(NC2CCN(C3CC3)CC2)C(C)C1. The highest BCUT2D eigenvalue weighted by molar-refractivity contribution is 4.91. The highest BCUT2D eigenvalue weighted by atomic mass is 15.2. The van der Waals surface area contributed by atoms with E-state index in [9.17, 15) is 0 Å². The number of rotatable bonds is 3. The Kier molecular flexibility index (Phi) is 3.95. The molecule has 0 amide bonds. The predicted molar refractivity (Wildman–Crippen MR) is 76.7 cm³/mol. The Hall–Kier alpha value is -0.0800. The summed E-state index contributed by atoms with van der Waals surface area (Å²) in [5.74, 6) is 1.84. The van der Waals surface area contributed by atoms with Crippen molar-refractivity contribution in [1.29, 1.82) is 0 Å². The third-order valence-electron chi connectivity index (χ3n) is 5.47. The lowest BCUT2D eigenvalue weighted by atomic mass is 9.79. The molecule has 0 aromatic rings. The van der Waals surface area contributed by atoms with Gasteiger partial charge in [0.1, 0.15) is 0 Å². The maximum atomic E-state index is 3.98. The van der Waals surface area contributed by atoms with Gasteiger partial charge in [-0.2, -0.15) is 0 Å². The van der Waals surface area contributed by atoms with E-state index < -0.39 is 0 Å². The number of hydrogen-bond donors (Lipinski definition) is 1. The first kappa shape index (κ1) is 12.9. The van der Waals surface area contributed by atoms with Crippen LogP contribution in [-0.4, -0.2) is 36.1 Å². The van der Waals surface area contributed by atoms with Crippen LogP contribution >= 0.6 is 0 Å². The normalized spacial score (nSPS) is 40.0. The van der Waals surface area contributed by atoms with Gasteiger partial charge in [0.2, 0.25) is 0 Å². The molecule has 2 aliphatic carbocycles. The highest BCUT2D eigenvalue weighted by Crippen LogP contribution is 2.31. The van der Waals surface area contributed by atoms with Crippen molar-refractivity contribution in [2.75, 3.05) is 13.1 Å². The molecule has 1 aliphatic heterocycles. The van der Waals surface area contributed by atoms with Gasteiger partial charge in [-0.25, -0.2) is 0 Å². The molecular weight excluding hydrogens is 220 g/mol. The molecule has 1 heterocycles. The molecule has 2 saturated carbocycles. The number of nitrogens with one attached hydrogen (secondary N) is 1. The third kappa shape index (κ3) is 3.08. The van der Waals surface area contributed by atoms with E-state index in [1.165, 1.54) is 58.0 Å². The Morgan fingerprint density at radius 1 is 0.889 bits per heavy atom. The van der Waals surface area contributed by atoms with Crippen LogP contribution < -0.4 is 5.32 Å². The quantitative estimate of drug-likeness (QED) is 0.828. The summed E-state index contributed by atoms with van der Waals surface area (Å²) >= 11 is 0. The minimum Gasteiger partial charge on any atom is -0.311 e. The van der Waals surface area contributed by atoms with Gasteiger partial charge < -0.3 is 10.2 Å². The average Bonchev–Trinajstić information content (AvgIpc) is 3.18. The first-order valence-corrected chi connectivity index (χ1v) is 8.22. The van der Waals surface area contributed by atoms with Crippen LogP contribution in [0.15, 0.2) is 0 Å². The Morgan fingerprint density at radius 2 is 1.61 bits per heavy atom. The fourth-order valence-corrected chi connectivity index (χ4v) is 4.09. The van der Waals surface area contributed by atoms with Gasteiger partial charge in [0.15, 0.2) is 0 Å². The third-order valence-corrected chi connectivity index (χ3v) is 5.47. The molecule has 0 spiro atoms. The smallest absolute Gasteiger partial charge is 0.00964 e. The average molecular weight is 250 g/mol. The van der Waals surface area contributed by atoms with Crippen LogP contribution in [0.3, 0.4) is 0 Å². The first-order valence-electron chi connectivity index (χ1n) is 8.22. The van der Waals surface area contributed by atoms with Crippen molar-refractivity contribution in [2.45, 2.75) is 76.9 Å². The molecule has 104 valence electrons. The summed E-state index contributed by atoms with van der Waals surface area (Å²) in [6.45, 7) is 7.56. The van der Waals surface area contributed by atoms with E-state index in [2.05, 4.69) is 24.1 Å². The molecule has 3 unspecified atom stereocenters. The fraction of sp³-hybridized carbons (Fsp3) is 1.00. The first-order chi connectivity index (χ1) is 8.72. The Balaban J connectivity index is 1.43. The molecule has 3 rings (SSSR count). The number of likely N-dealkylation sites (tertiary alicyclic amines) is 1. The van der Waals surface area contributed by atoms with E-state index in [0.29, 0.717) is 0 Å². The van der Waals surface area contributed by atoms with E-state index in [4.69, 9.17) is 0 Å². The summed E-state index contributed by atoms with van der Waals surface area (Å²) in [7, 11) is 0. The van der Waals surface area contributed by atoms with Crippen molar-refractivity contribution in [3.05, 3.63) is 0 Å². The van der Waals surface area contributed by atoms with Crippen LogP contribution in [-0.2, 0) is 0 Å². The second kappa shape index (κ2) is 5.50. The number of hydrogen-bond acceptors (Lipinski definition) is 2. The molecular formula is C16H30N2. The molecule has 0 aromatic carbocycles. The molecule has 2 nitrogen and oxygen atoms in total. The second-order valence-corrected chi connectivity index (χ2v) is 7.21. The van der Waals surface area contributed by atoms with Crippen LogP contribution in [0.1, 0.15) is 58.8 Å². The maximum absolute atomic E-state index is 3.98. The minimum atomic E-state index is 0.804. The summed E-state index contributed by atoms with van der Waals surface area (Å²) in [6.07, 6.45) is 9.97. The van der Waals surface area contributed by atoms with E-state index >= 15 is 0 Å². The molecule has 18 heavy (non-hydrogen) atoms. The number of nitrogens with zero attached hydrogens (tertiary/aromatic N) is 1. The highest BCUT2D eigenvalue weighted by Gasteiger charge is 2.33. The molecule has 0 aromatic heterocycles. The molecule has 0 radical (unpaired) electrons. The zero-order chi connectivity index (χ0) is 12.5. The summed E-state index contributed by atoms with van der Waals surface area (Å²) in [5.41, 5.74) is 0. The van der Waals surface area contributed by atoms with Gasteiger partial charge in [-0.3, -0.25) is 0 Å². The lowest BCUT2D eigenvalue weighted by Gasteiger charge is -2.39. The molecule has 1 N–H and O–H groups in total. The monoisotopic (exact) mass is 250 g/mol. The Morgan fingerprint density at radius 3 is 2.22 bits per heavy atom. The molecule has 3 fully saturated rings. The lowest BCUT2D eigenvalue weighted by molar-refractivity contribution is 0.155. The van der Waals surface area contributed by atoms with Crippen LogP contribution in [0.5, 0.6) is 0 Å². The van der Waals surface area contributed by atoms with Gasteiger partial charge in [0.05, 0.1) is 0 Å². The fourth-order valence-electron chi connectivity index (χ4n) is 4.09. The van der Waals surface area contributed by atoms with Crippen molar-refractivity contribution in [2.24, 2.45) is 11.8 Å². The van der Waals surface area contributed by atoms with Crippen molar-refractivity contribution < 1.29 is 0 Å². The number of piperidine rings is 1. The van der Waals surface area contributed by atoms with Gasteiger partial charge in [-0.15, -0.1) is 0 Å². The van der Waals surface area contributed by atoms with Crippen molar-refractivity contribution in [3.63, 3.8) is 0 Å². The van der Waals surface area contributed by atoms with Crippen molar-refractivity contribution in [1.82, 2.24) is 10.2 Å². The Labute approximate surface area is 113 Å². The van der Waals surface area contributed by atoms with Crippen molar-refractivity contribution in [3.8, 4) is 0 Å². The summed E-state index contributed by atoms with van der Waals surface area (Å²) in [4.78, 5) is 2.73. The predicted octanol–water partition coefficient (Wildman–Crippen LogP) is 3.03. The van der Waals surface area contributed by atoms with Gasteiger partial charge in [-0.1, -0.05) is 13.8 Å². The molecule has 3 atom stereocenters. The van der Waals surface area contributed by atoms with E-state index in [1.54, 1.807) is 0 Å². The zero-order valence-electron chi connectivity index (χ0n) is 12.2. The topological polar surface area (TPSA) is 15.3 Å². The summed E-state index contributed by atoms with van der Waals surface area (Å²) < 4.78 is 0. The standard InChI is InChI=1S/C16H30N2/c1-12-3-6-16(13(2)11-12)17-14-7-9-18(10-8-14)15-4-5-15/h12-17H,3-11H2,1-2H3. The van der Waals surface area contributed by atoms with Crippen LogP contribution in [0.4, 0.5) is 0 Å². The van der Waals surface area contributed by atoms with Gasteiger partial charge >= 0.3 is 0 Å². The van der Waals surface area contributed by atoms with E-state index in [0.717, 1.165) is 30.0 Å². The van der Waals surface area contributed by atoms with Gasteiger partial charge in [0, 0.05) is 18.1 Å². The summed E-state index contributed by atoms with van der Waals surface area (Å²) in [6, 6.07) is 2.58. The largest absolute Gasteiger partial charge is 0.311 e. The zero-order valence-corrected chi connectivity index (χ0v) is 12.2. The minimum absolute atomic E-state index is 0.804. The van der Waals surface area contributed by atoms with Gasteiger partial charge in [0.25, 0.3) is 0 Å². The molecule has 0 bridgehead atoms. The van der Waals surface area contributed by atoms with Crippen molar-refractivity contribution >= 4 is 0 Å². The lowest BCUT2D eigenvalue weighted by Crippen LogP contribution is -2.49. The van der Waals surface area contributed by atoms with E-state index in [1.807, 2.05) is 0 Å². The van der Waals surface area contributed by atoms with E-state index in [-0.39, 0.29) is 0 Å². The molecule has 1 saturated heterocycles. The van der Waals surface area contributed by atoms with Crippen LogP contribution in [0.2, 0.25) is 0 Å². The van der Waals surface area contributed by atoms with Crippen LogP contribution in [0.25, 0.3) is 0 Å². The Bertz CT molecular complexity index is 266.